The Balaban J connectivity index is 2.83. The number of nitrogens with zero attached hydrogens (tertiary/aromatic N) is 2. The van der Waals surface area contributed by atoms with Gasteiger partial charge in [-0.15, -0.1) is 0 Å². The highest BCUT2D eigenvalue weighted by Gasteiger charge is 2.25. The van der Waals surface area contributed by atoms with Crippen molar-refractivity contribution < 1.29 is 9.90 Å². The van der Waals surface area contributed by atoms with Gasteiger partial charge in [-0.2, -0.15) is 5.26 Å². The Labute approximate surface area is 128 Å². The molecule has 1 N–H and O–H groups in total. The Bertz CT molecular complexity index is 828. The van der Waals surface area contributed by atoms with Crippen LogP contribution in [0.3, 0.4) is 0 Å². The Morgan fingerprint density at radius 3 is 2.36 bits per heavy atom. The second kappa shape index (κ2) is 5.86. The van der Waals surface area contributed by atoms with Crippen LogP contribution in [0.1, 0.15) is 46.9 Å². The summed E-state index contributed by atoms with van der Waals surface area (Å²) in [7, 11) is 0. The second-order valence-corrected chi connectivity index (χ2v) is 5.27. The summed E-state index contributed by atoms with van der Waals surface area (Å²) in [5.74, 6) is -0.813. The van der Waals surface area contributed by atoms with Gasteiger partial charge in [-0.05, 0) is 26.3 Å². The zero-order chi connectivity index (χ0) is 16.4. The van der Waals surface area contributed by atoms with Gasteiger partial charge in [0.1, 0.15) is 11.6 Å². The fourth-order valence-electron chi connectivity index (χ4n) is 2.41. The third-order valence-electron chi connectivity index (χ3n) is 3.53. The van der Waals surface area contributed by atoms with Crippen LogP contribution in [0.25, 0.3) is 0 Å². The van der Waals surface area contributed by atoms with Crippen LogP contribution in [0.2, 0.25) is 0 Å². The topological polar surface area (TPSA) is 83.1 Å². The van der Waals surface area contributed by atoms with E-state index in [1.54, 1.807) is 44.2 Å². The van der Waals surface area contributed by atoms with E-state index in [0.717, 1.165) is 4.57 Å². The molecule has 0 aliphatic heterocycles. The molecule has 0 bridgehead atoms. The van der Waals surface area contributed by atoms with Gasteiger partial charge in [-0.1, -0.05) is 30.3 Å². The average Bonchev–Trinajstić information content (AvgIpc) is 2.48. The van der Waals surface area contributed by atoms with Crippen LogP contribution in [-0.2, 0) is 0 Å². The number of hydrogen-bond donors (Lipinski definition) is 1. The predicted octanol–water partition coefficient (Wildman–Crippen LogP) is 2.55. The van der Waals surface area contributed by atoms with Crippen LogP contribution in [0, 0.1) is 18.3 Å². The standard InChI is InChI=1S/C17H16N2O3/c1-10(2)19-16(21)13(9-18)11(3)14(17(19)22)15(20)12-7-5-4-6-8-12/h4-8,10,22H,1-3H3. The van der Waals surface area contributed by atoms with Crippen molar-refractivity contribution in [1.29, 1.82) is 5.26 Å². The largest absolute Gasteiger partial charge is 0.494 e. The number of aromatic hydroxyl groups is 1. The normalized spacial score (nSPS) is 10.5. The zero-order valence-corrected chi connectivity index (χ0v) is 12.6. The first kappa shape index (κ1) is 15.5. The molecule has 0 radical (unpaired) electrons. The maximum absolute atomic E-state index is 12.7. The molecule has 2 rings (SSSR count). The molecule has 0 unspecified atom stereocenters. The number of carbonyl (C=O) groups is 1. The predicted molar refractivity (Wildman–Crippen MR) is 82.1 cm³/mol. The van der Waals surface area contributed by atoms with E-state index < -0.39 is 17.2 Å². The highest BCUT2D eigenvalue weighted by atomic mass is 16.3. The first-order valence-corrected chi connectivity index (χ1v) is 6.88. The van der Waals surface area contributed by atoms with Crippen molar-refractivity contribution in [3.05, 3.63) is 62.9 Å². The summed E-state index contributed by atoms with van der Waals surface area (Å²) < 4.78 is 1.07. The number of nitriles is 1. The molecule has 0 amide bonds. The number of hydrogen-bond acceptors (Lipinski definition) is 4. The number of ketones is 1. The fourth-order valence-corrected chi connectivity index (χ4v) is 2.41. The van der Waals surface area contributed by atoms with E-state index in [9.17, 15) is 20.0 Å². The van der Waals surface area contributed by atoms with Crippen molar-refractivity contribution in [1.82, 2.24) is 4.57 Å². The molecule has 0 saturated carbocycles. The number of rotatable bonds is 3. The molecule has 1 heterocycles. The first-order chi connectivity index (χ1) is 10.4. The van der Waals surface area contributed by atoms with E-state index in [1.165, 1.54) is 6.92 Å². The van der Waals surface area contributed by atoms with E-state index in [1.807, 2.05) is 6.07 Å². The van der Waals surface area contributed by atoms with E-state index in [0.29, 0.717) is 5.56 Å². The van der Waals surface area contributed by atoms with Gasteiger partial charge in [0.05, 0.1) is 5.56 Å². The number of carbonyl (C=O) groups excluding carboxylic acids is 1. The summed E-state index contributed by atoms with van der Waals surface area (Å²) >= 11 is 0. The van der Waals surface area contributed by atoms with Crippen molar-refractivity contribution in [2.24, 2.45) is 0 Å². The lowest BCUT2D eigenvalue weighted by Crippen LogP contribution is -2.28. The summed E-state index contributed by atoms with van der Waals surface area (Å²) in [6, 6.07) is 9.91. The van der Waals surface area contributed by atoms with Crippen LogP contribution < -0.4 is 5.56 Å². The van der Waals surface area contributed by atoms with Crippen LogP contribution in [-0.4, -0.2) is 15.5 Å². The summed E-state index contributed by atoms with van der Waals surface area (Å²) in [6.45, 7) is 4.91. The SMILES string of the molecule is Cc1c(C(=O)c2ccccc2)c(O)n(C(C)C)c(=O)c1C#N. The molecule has 1 aromatic carbocycles. The molecular formula is C17H16N2O3. The Morgan fingerprint density at radius 2 is 1.86 bits per heavy atom. The number of aromatic nitrogens is 1. The Hall–Kier alpha value is -2.87. The molecule has 0 aliphatic rings. The van der Waals surface area contributed by atoms with E-state index in [2.05, 4.69) is 0 Å². The highest BCUT2D eigenvalue weighted by Crippen LogP contribution is 2.26. The molecule has 112 valence electrons. The van der Waals surface area contributed by atoms with Crippen molar-refractivity contribution in [2.75, 3.05) is 0 Å². The van der Waals surface area contributed by atoms with Crippen molar-refractivity contribution in [3.63, 3.8) is 0 Å². The summed E-state index contributed by atoms with van der Waals surface area (Å²) in [4.78, 5) is 24.9. The molecule has 5 heteroatoms. The van der Waals surface area contributed by atoms with Gasteiger partial charge in [0.2, 0.25) is 5.88 Å². The summed E-state index contributed by atoms with van der Waals surface area (Å²) in [5.41, 5.74) is -0.117. The monoisotopic (exact) mass is 296 g/mol. The van der Waals surface area contributed by atoms with Crippen LogP contribution in [0.5, 0.6) is 5.88 Å². The molecule has 1 aromatic heterocycles. The lowest BCUT2D eigenvalue weighted by atomic mass is 9.97. The molecule has 0 saturated heterocycles. The van der Waals surface area contributed by atoms with Gasteiger partial charge in [0, 0.05) is 11.6 Å². The quantitative estimate of drug-likeness (QED) is 0.882. The molecule has 0 spiro atoms. The number of benzene rings is 1. The van der Waals surface area contributed by atoms with Crippen LogP contribution in [0.4, 0.5) is 0 Å². The lowest BCUT2D eigenvalue weighted by molar-refractivity contribution is 0.103. The van der Waals surface area contributed by atoms with Crippen molar-refractivity contribution >= 4 is 5.78 Å². The van der Waals surface area contributed by atoms with Crippen LogP contribution >= 0.6 is 0 Å². The molecular weight excluding hydrogens is 280 g/mol. The van der Waals surface area contributed by atoms with Gasteiger partial charge >= 0.3 is 0 Å². The summed E-state index contributed by atoms with van der Waals surface area (Å²) in [5, 5.41) is 19.6. The van der Waals surface area contributed by atoms with E-state index >= 15 is 0 Å². The van der Waals surface area contributed by atoms with Crippen LogP contribution in [0.15, 0.2) is 35.1 Å². The van der Waals surface area contributed by atoms with E-state index in [-0.39, 0.29) is 22.7 Å². The highest BCUT2D eigenvalue weighted by molar-refractivity contribution is 6.11. The molecule has 0 atom stereocenters. The smallest absolute Gasteiger partial charge is 0.271 e. The van der Waals surface area contributed by atoms with Crippen molar-refractivity contribution in [3.8, 4) is 11.9 Å². The van der Waals surface area contributed by atoms with Crippen molar-refractivity contribution in [2.45, 2.75) is 26.8 Å². The third kappa shape index (κ3) is 2.40. The van der Waals surface area contributed by atoms with Gasteiger partial charge in [0.15, 0.2) is 5.78 Å². The fraction of sp³-hybridized carbons (Fsp3) is 0.235. The molecule has 22 heavy (non-hydrogen) atoms. The molecule has 5 nitrogen and oxygen atoms in total. The summed E-state index contributed by atoms with van der Waals surface area (Å²) in [6.07, 6.45) is 0. The second-order valence-electron chi connectivity index (χ2n) is 5.27. The van der Waals surface area contributed by atoms with Gasteiger partial charge in [-0.3, -0.25) is 14.2 Å². The molecule has 2 aromatic rings. The Morgan fingerprint density at radius 1 is 1.27 bits per heavy atom. The van der Waals surface area contributed by atoms with Gasteiger partial charge in [-0.25, -0.2) is 0 Å². The maximum atomic E-state index is 12.7. The molecule has 0 aliphatic carbocycles. The van der Waals surface area contributed by atoms with E-state index in [4.69, 9.17) is 0 Å². The maximum Gasteiger partial charge on any atom is 0.271 e. The number of pyridine rings is 1. The Kier molecular flexibility index (Phi) is 4.13. The van der Waals surface area contributed by atoms with Gasteiger partial charge in [0.25, 0.3) is 5.56 Å². The minimum atomic E-state index is -0.586. The first-order valence-electron chi connectivity index (χ1n) is 6.88. The third-order valence-corrected chi connectivity index (χ3v) is 3.53. The minimum Gasteiger partial charge on any atom is -0.494 e. The zero-order valence-electron chi connectivity index (χ0n) is 12.6. The van der Waals surface area contributed by atoms with Gasteiger partial charge < -0.3 is 5.11 Å². The molecule has 0 fully saturated rings. The lowest BCUT2D eigenvalue weighted by Gasteiger charge is -2.17. The average molecular weight is 296 g/mol. The minimum absolute atomic E-state index is 0.00366.